The van der Waals surface area contributed by atoms with Gasteiger partial charge < -0.3 is 10.2 Å². The largest absolute Gasteiger partial charge is 0.352 e. The number of aryl methyl sites for hydroxylation is 1. The van der Waals surface area contributed by atoms with E-state index in [0.717, 1.165) is 31.5 Å². The summed E-state index contributed by atoms with van der Waals surface area (Å²) in [5.74, 6) is 0.479. The van der Waals surface area contributed by atoms with Gasteiger partial charge in [-0.25, -0.2) is 0 Å². The molecule has 27 heavy (non-hydrogen) atoms. The van der Waals surface area contributed by atoms with Crippen molar-refractivity contribution >= 4 is 23.4 Å². The van der Waals surface area contributed by atoms with Crippen LogP contribution in [0.3, 0.4) is 0 Å². The van der Waals surface area contributed by atoms with E-state index in [1.165, 1.54) is 0 Å². The fraction of sp³-hybridized carbons (Fsp3) is 0.381. The molecule has 6 heteroatoms. The molecule has 1 N–H and O–H groups in total. The van der Waals surface area contributed by atoms with Gasteiger partial charge in [-0.1, -0.05) is 29.8 Å². The summed E-state index contributed by atoms with van der Waals surface area (Å²) in [4.78, 5) is 30.4. The number of benzene rings is 1. The first-order valence-electron chi connectivity index (χ1n) is 9.33. The van der Waals surface area contributed by atoms with Crippen LogP contribution in [0.1, 0.15) is 35.2 Å². The van der Waals surface area contributed by atoms with Crippen LogP contribution in [0.25, 0.3) is 0 Å². The molecule has 0 radical (unpaired) electrons. The number of likely N-dealkylation sites (tertiary alicyclic amines) is 1. The molecule has 1 aromatic carbocycles. The third-order valence-electron chi connectivity index (χ3n) is 5.01. The van der Waals surface area contributed by atoms with Crippen molar-refractivity contribution < 1.29 is 9.59 Å². The molecule has 2 heterocycles. The standard InChI is InChI=1S/C21H24ClN3O2/c22-19-6-2-1-4-17(19)7-8-20(26)25-12-9-16(10-13-25)14-24-21(27)18-5-3-11-23-15-18/h1-6,11,15-16H,7-10,12-14H2,(H,24,27). The molecule has 142 valence electrons. The second-order valence-electron chi connectivity index (χ2n) is 6.87. The van der Waals surface area contributed by atoms with Crippen molar-refractivity contribution in [1.29, 1.82) is 0 Å². The van der Waals surface area contributed by atoms with Crippen molar-refractivity contribution in [2.75, 3.05) is 19.6 Å². The van der Waals surface area contributed by atoms with E-state index in [4.69, 9.17) is 11.6 Å². The SMILES string of the molecule is O=C(NCC1CCN(C(=O)CCc2ccccc2Cl)CC1)c1cccnc1. The molecule has 0 aliphatic carbocycles. The molecule has 2 amide bonds. The Hall–Kier alpha value is -2.40. The number of halogens is 1. The topological polar surface area (TPSA) is 62.3 Å². The minimum Gasteiger partial charge on any atom is -0.352 e. The molecule has 0 atom stereocenters. The molecule has 1 aliphatic heterocycles. The number of carbonyl (C=O) groups excluding carboxylic acids is 2. The maximum Gasteiger partial charge on any atom is 0.252 e. The number of nitrogens with one attached hydrogen (secondary N) is 1. The molecule has 0 unspecified atom stereocenters. The third kappa shape index (κ3) is 5.54. The number of carbonyl (C=O) groups is 2. The maximum atomic E-state index is 12.4. The van der Waals surface area contributed by atoms with Crippen LogP contribution in [-0.4, -0.2) is 41.3 Å². The number of pyridine rings is 1. The van der Waals surface area contributed by atoms with Crippen molar-refractivity contribution in [2.24, 2.45) is 5.92 Å². The molecule has 5 nitrogen and oxygen atoms in total. The van der Waals surface area contributed by atoms with Crippen LogP contribution >= 0.6 is 11.6 Å². The van der Waals surface area contributed by atoms with Gasteiger partial charge in [0.25, 0.3) is 5.91 Å². The van der Waals surface area contributed by atoms with Crippen LogP contribution in [-0.2, 0) is 11.2 Å². The van der Waals surface area contributed by atoms with Crippen LogP contribution in [0.15, 0.2) is 48.8 Å². The maximum absolute atomic E-state index is 12.4. The van der Waals surface area contributed by atoms with E-state index in [-0.39, 0.29) is 11.8 Å². The highest BCUT2D eigenvalue weighted by molar-refractivity contribution is 6.31. The Kier molecular flexibility index (Phi) is 6.82. The third-order valence-corrected chi connectivity index (χ3v) is 5.38. The van der Waals surface area contributed by atoms with Crippen molar-refractivity contribution in [2.45, 2.75) is 25.7 Å². The van der Waals surface area contributed by atoms with Gasteiger partial charge in [0.15, 0.2) is 0 Å². The van der Waals surface area contributed by atoms with Gasteiger partial charge in [-0.3, -0.25) is 14.6 Å². The average molecular weight is 386 g/mol. The summed E-state index contributed by atoms with van der Waals surface area (Å²) >= 11 is 6.15. The molecule has 0 saturated carbocycles. The average Bonchev–Trinajstić information content (AvgIpc) is 2.72. The zero-order valence-corrected chi connectivity index (χ0v) is 16.0. The van der Waals surface area contributed by atoms with E-state index >= 15 is 0 Å². The first-order chi connectivity index (χ1) is 13.1. The van der Waals surface area contributed by atoms with Crippen LogP contribution in [0.2, 0.25) is 5.02 Å². The summed E-state index contributed by atoms with van der Waals surface area (Å²) in [5, 5.41) is 3.68. The lowest BCUT2D eigenvalue weighted by atomic mass is 9.96. The first kappa shape index (κ1) is 19.4. The van der Waals surface area contributed by atoms with Crippen molar-refractivity contribution in [1.82, 2.24) is 15.2 Å². The Balaban J connectivity index is 1.39. The Morgan fingerprint density at radius 2 is 1.93 bits per heavy atom. The summed E-state index contributed by atoms with van der Waals surface area (Å²) in [6, 6.07) is 11.2. The van der Waals surface area contributed by atoms with Gasteiger partial charge in [0.2, 0.25) is 5.91 Å². The minimum atomic E-state index is -0.0960. The number of rotatable bonds is 6. The van der Waals surface area contributed by atoms with E-state index in [2.05, 4.69) is 10.3 Å². The van der Waals surface area contributed by atoms with Crippen LogP contribution in [0.5, 0.6) is 0 Å². The summed E-state index contributed by atoms with van der Waals surface area (Å²) in [5.41, 5.74) is 1.59. The molecular formula is C21H24ClN3O2. The molecule has 2 aromatic rings. The fourth-order valence-corrected chi connectivity index (χ4v) is 3.55. The summed E-state index contributed by atoms with van der Waals surface area (Å²) in [7, 11) is 0. The highest BCUT2D eigenvalue weighted by atomic mass is 35.5. The van der Waals surface area contributed by atoms with E-state index in [1.807, 2.05) is 29.2 Å². The molecule has 1 aliphatic rings. The van der Waals surface area contributed by atoms with Gasteiger partial charge >= 0.3 is 0 Å². The quantitative estimate of drug-likeness (QED) is 0.829. The predicted molar refractivity (Wildman–Crippen MR) is 106 cm³/mol. The Morgan fingerprint density at radius 3 is 2.63 bits per heavy atom. The number of hydrogen-bond donors (Lipinski definition) is 1. The highest BCUT2D eigenvalue weighted by Crippen LogP contribution is 2.20. The molecule has 0 spiro atoms. The Bertz CT molecular complexity index is 774. The van der Waals surface area contributed by atoms with Crippen molar-refractivity contribution in [3.05, 3.63) is 64.9 Å². The Morgan fingerprint density at radius 1 is 1.15 bits per heavy atom. The summed E-state index contributed by atoms with van der Waals surface area (Å²) in [6.45, 7) is 2.12. The minimum absolute atomic E-state index is 0.0960. The van der Waals surface area contributed by atoms with Gasteiger partial charge in [-0.2, -0.15) is 0 Å². The molecule has 0 bridgehead atoms. The van der Waals surface area contributed by atoms with E-state index < -0.39 is 0 Å². The summed E-state index contributed by atoms with van der Waals surface area (Å²) in [6.07, 6.45) is 6.17. The lowest BCUT2D eigenvalue weighted by molar-refractivity contribution is -0.132. The van der Waals surface area contributed by atoms with Crippen LogP contribution in [0.4, 0.5) is 0 Å². The number of amides is 2. The van der Waals surface area contributed by atoms with Gasteiger partial charge in [0.1, 0.15) is 0 Å². The number of piperidine rings is 1. The molecule has 1 fully saturated rings. The second kappa shape index (κ2) is 9.51. The second-order valence-corrected chi connectivity index (χ2v) is 7.27. The zero-order chi connectivity index (χ0) is 19.1. The van der Waals surface area contributed by atoms with Gasteiger partial charge in [0.05, 0.1) is 5.56 Å². The van der Waals surface area contributed by atoms with Gasteiger partial charge in [-0.15, -0.1) is 0 Å². The lowest BCUT2D eigenvalue weighted by Crippen LogP contribution is -2.41. The molecular weight excluding hydrogens is 362 g/mol. The monoisotopic (exact) mass is 385 g/mol. The van der Waals surface area contributed by atoms with E-state index in [0.29, 0.717) is 35.9 Å². The zero-order valence-electron chi connectivity index (χ0n) is 15.2. The highest BCUT2D eigenvalue weighted by Gasteiger charge is 2.23. The van der Waals surface area contributed by atoms with Gasteiger partial charge in [0, 0.05) is 43.5 Å². The fourth-order valence-electron chi connectivity index (χ4n) is 3.32. The summed E-state index contributed by atoms with van der Waals surface area (Å²) < 4.78 is 0. The molecule has 1 saturated heterocycles. The Labute approximate surface area is 164 Å². The van der Waals surface area contributed by atoms with Crippen LogP contribution in [0, 0.1) is 5.92 Å². The van der Waals surface area contributed by atoms with Gasteiger partial charge in [-0.05, 0) is 48.9 Å². The van der Waals surface area contributed by atoms with Crippen molar-refractivity contribution in [3.63, 3.8) is 0 Å². The number of nitrogens with zero attached hydrogens (tertiary/aromatic N) is 2. The normalized spacial score (nSPS) is 14.8. The molecule has 1 aromatic heterocycles. The molecule has 3 rings (SSSR count). The van der Waals surface area contributed by atoms with E-state index in [9.17, 15) is 9.59 Å². The van der Waals surface area contributed by atoms with Crippen LogP contribution < -0.4 is 5.32 Å². The first-order valence-corrected chi connectivity index (χ1v) is 9.70. The lowest BCUT2D eigenvalue weighted by Gasteiger charge is -2.32. The number of hydrogen-bond acceptors (Lipinski definition) is 3. The number of aromatic nitrogens is 1. The van der Waals surface area contributed by atoms with E-state index in [1.54, 1.807) is 24.5 Å². The van der Waals surface area contributed by atoms with Crippen molar-refractivity contribution in [3.8, 4) is 0 Å². The smallest absolute Gasteiger partial charge is 0.252 e. The predicted octanol–water partition coefficient (Wildman–Crippen LogP) is 3.34.